The minimum absolute atomic E-state index is 0.0181. The van der Waals surface area contributed by atoms with Crippen molar-refractivity contribution in [1.82, 2.24) is 4.98 Å². The van der Waals surface area contributed by atoms with E-state index in [9.17, 15) is 0 Å². The van der Waals surface area contributed by atoms with E-state index in [0.717, 1.165) is 15.6 Å². The van der Waals surface area contributed by atoms with Gasteiger partial charge < -0.3 is 9.52 Å². The zero-order valence-electron chi connectivity index (χ0n) is 7.04. The van der Waals surface area contributed by atoms with Crippen LogP contribution in [0.2, 0.25) is 0 Å². The molecular weight excluding hydrogens is 234 g/mol. The predicted molar refractivity (Wildman–Crippen MR) is 52.4 cm³/mol. The van der Waals surface area contributed by atoms with Gasteiger partial charge in [0.05, 0.1) is 11.1 Å². The van der Waals surface area contributed by atoms with Crippen molar-refractivity contribution in [3.05, 3.63) is 28.1 Å². The molecule has 0 bridgehead atoms. The van der Waals surface area contributed by atoms with Crippen molar-refractivity contribution in [1.29, 1.82) is 0 Å². The van der Waals surface area contributed by atoms with Crippen LogP contribution in [0.15, 0.2) is 21.0 Å². The van der Waals surface area contributed by atoms with Crippen LogP contribution < -0.4 is 0 Å². The van der Waals surface area contributed by atoms with Gasteiger partial charge in [0.15, 0.2) is 11.5 Å². The summed E-state index contributed by atoms with van der Waals surface area (Å²) >= 11 is 3.36. The van der Waals surface area contributed by atoms with Crippen LogP contribution in [0, 0.1) is 6.92 Å². The number of hydrogen-bond donors (Lipinski definition) is 1. The van der Waals surface area contributed by atoms with Crippen molar-refractivity contribution in [2.75, 3.05) is 0 Å². The molecule has 1 aromatic heterocycles. The molecule has 0 aliphatic carbocycles. The largest absolute Gasteiger partial charge is 0.440 e. The van der Waals surface area contributed by atoms with Gasteiger partial charge in [0, 0.05) is 12.5 Å². The molecule has 1 aromatic carbocycles. The summed E-state index contributed by atoms with van der Waals surface area (Å²) in [6.07, 6.45) is 0. The van der Waals surface area contributed by atoms with Crippen LogP contribution in [-0.2, 0) is 6.61 Å². The number of aliphatic hydroxyl groups excluding tert-OH is 1. The molecule has 68 valence electrons. The van der Waals surface area contributed by atoms with Gasteiger partial charge in [-0.05, 0) is 22.0 Å². The van der Waals surface area contributed by atoms with Crippen LogP contribution in [0.25, 0.3) is 11.1 Å². The molecule has 0 atom stereocenters. The first-order valence-electron chi connectivity index (χ1n) is 3.87. The van der Waals surface area contributed by atoms with E-state index in [-0.39, 0.29) is 6.61 Å². The number of oxazole rings is 1. The zero-order valence-corrected chi connectivity index (χ0v) is 8.63. The molecule has 0 saturated heterocycles. The molecule has 2 aromatic rings. The standard InChI is InChI=1S/C9H8BrNO2/c1-5-11-8-6(4-12)2-3-7(10)9(8)13-5/h2-3,12H,4H2,1H3. The number of hydrogen-bond acceptors (Lipinski definition) is 3. The number of rotatable bonds is 1. The van der Waals surface area contributed by atoms with Gasteiger partial charge in [-0.25, -0.2) is 4.98 Å². The SMILES string of the molecule is Cc1nc2c(CO)ccc(Br)c2o1. The molecule has 4 heteroatoms. The van der Waals surface area contributed by atoms with E-state index in [2.05, 4.69) is 20.9 Å². The third-order valence-electron chi connectivity index (χ3n) is 1.86. The monoisotopic (exact) mass is 241 g/mol. The number of benzene rings is 1. The van der Waals surface area contributed by atoms with E-state index >= 15 is 0 Å². The lowest BCUT2D eigenvalue weighted by atomic mass is 10.2. The summed E-state index contributed by atoms with van der Waals surface area (Å²) in [6.45, 7) is 1.77. The molecule has 0 fully saturated rings. The lowest BCUT2D eigenvalue weighted by Gasteiger charge is -1.96. The Balaban J connectivity index is 2.83. The molecule has 0 spiro atoms. The lowest BCUT2D eigenvalue weighted by Crippen LogP contribution is -1.85. The number of aliphatic hydroxyl groups is 1. The molecule has 0 radical (unpaired) electrons. The summed E-state index contributed by atoms with van der Waals surface area (Å²) in [5.41, 5.74) is 2.22. The van der Waals surface area contributed by atoms with Crippen LogP contribution in [-0.4, -0.2) is 10.1 Å². The highest BCUT2D eigenvalue weighted by Gasteiger charge is 2.09. The van der Waals surface area contributed by atoms with Crippen molar-refractivity contribution >= 4 is 27.0 Å². The Hall–Kier alpha value is -0.870. The predicted octanol–water partition coefficient (Wildman–Crippen LogP) is 2.39. The maximum atomic E-state index is 9.04. The third-order valence-corrected chi connectivity index (χ3v) is 2.48. The summed E-state index contributed by atoms with van der Waals surface area (Å²) in [4.78, 5) is 4.19. The van der Waals surface area contributed by atoms with E-state index in [4.69, 9.17) is 9.52 Å². The highest BCUT2D eigenvalue weighted by atomic mass is 79.9. The minimum Gasteiger partial charge on any atom is -0.440 e. The van der Waals surface area contributed by atoms with E-state index in [1.165, 1.54) is 0 Å². The quantitative estimate of drug-likeness (QED) is 0.835. The molecule has 0 aliphatic rings. The fourth-order valence-corrected chi connectivity index (χ4v) is 1.66. The Morgan fingerprint density at radius 1 is 1.54 bits per heavy atom. The Morgan fingerprint density at radius 3 is 3.00 bits per heavy atom. The Labute approximate surface area is 83.5 Å². The summed E-state index contributed by atoms with van der Waals surface area (Å²) in [7, 11) is 0. The second kappa shape index (κ2) is 3.12. The summed E-state index contributed by atoms with van der Waals surface area (Å²) in [5.74, 6) is 0.608. The summed E-state index contributed by atoms with van der Waals surface area (Å²) in [6, 6.07) is 3.67. The molecule has 0 aliphatic heterocycles. The molecule has 13 heavy (non-hydrogen) atoms. The van der Waals surface area contributed by atoms with Gasteiger partial charge >= 0.3 is 0 Å². The molecule has 1 heterocycles. The van der Waals surface area contributed by atoms with Crippen LogP contribution in [0.1, 0.15) is 11.5 Å². The zero-order chi connectivity index (χ0) is 9.42. The fraction of sp³-hybridized carbons (Fsp3) is 0.222. The molecule has 0 saturated carbocycles. The average molecular weight is 242 g/mol. The number of fused-ring (bicyclic) bond motifs is 1. The topological polar surface area (TPSA) is 46.3 Å². The van der Waals surface area contributed by atoms with Crippen LogP contribution >= 0.6 is 15.9 Å². The van der Waals surface area contributed by atoms with E-state index in [1.54, 1.807) is 6.92 Å². The van der Waals surface area contributed by atoms with E-state index in [0.29, 0.717) is 11.5 Å². The highest BCUT2D eigenvalue weighted by molar-refractivity contribution is 9.10. The second-order valence-corrected chi connectivity index (χ2v) is 3.63. The van der Waals surface area contributed by atoms with E-state index in [1.807, 2.05) is 12.1 Å². The van der Waals surface area contributed by atoms with Gasteiger partial charge in [-0.2, -0.15) is 0 Å². The van der Waals surface area contributed by atoms with Crippen LogP contribution in [0.5, 0.6) is 0 Å². The van der Waals surface area contributed by atoms with Crippen molar-refractivity contribution in [3.63, 3.8) is 0 Å². The number of halogens is 1. The Bertz CT molecular complexity index is 450. The first kappa shape index (κ1) is 8.72. The average Bonchev–Trinajstić information content (AvgIpc) is 2.48. The first-order chi connectivity index (χ1) is 6.22. The number of nitrogens with zero attached hydrogens (tertiary/aromatic N) is 1. The van der Waals surface area contributed by atoms with Gasteiger partial charge in [0.1, 0.15) is 5.52 Å². The number of aromatic nitrogens is 1. The summed E-state index contributed by atoms with van der Waals surface area (Å²) in [5, 5.41) is 9.04. The smallest absolute Gasteiger partial charge is 0.192 e. The van der Waals surface area contributed by atoms with Crippen molar-refractivity contribution in [2.24, 2.45) is 0 Å². The normalized spacial score (nSPS) is 11.0. The van der Waals surface area contributed by atoms with E-state index < -0.39 is 0 Å². The maximum absolute atomic E-state index is 9.04. The van der Waals surface area contributed by atoms with Gasteiger partial charge in [-0.3, -0.25) is 0 Å². The third kappa shape index (κ3) is 1.36. The second-order valence-electron chi connectivity index (χ2n) is 2.78. The molecular formula is C9H8BrNO2. The van der Waals surface area contributed by atoms with Crippen molar-refractivity contribution in [3.8, 4) is 0 Å². The van der Waals surface area contributed by atoms with Gasteiger partial charge in [0.25, 0.3) is 0 Å². The van der Waals surface area contributed by atoms with Crippen LogP contribution in [0.4, 0.5) is 0 Å². The van der Waals surface area contributed by atoms with Gasteiger partial charge in [0.2, 0.25) is 0 Å². The Kier molecular flexibility index (Phi) is 2.09. The first-order valence-corrected chi connectivity index (χ1v) is 4.67. The van der Waals surface area contributed by atoms with Crippen molar-refractivity contribution in [2.45, 2.75) is 13.5 Å². The fourth-order valence-electron chi connectivity index (χ4n) is 1.26. The molecule has 2 rings (SSSR count). The van der Waals surface area contributed by atoms with Gasteiger partial charge in [-0.1, -0.05) is 6.07 Å². The minimum atomic E-state index is -0.0181. The molecule has 3 nitrogen and oxygen atoms in total. The molecule has 0 unspecified atom stereocenters. The lowest BCUT2D eigenvalue weighted by molar-refractivity contribution is 0.283. The molecule has 1 N–H and O–H groups in total. The molecule has 0 amide bonds. The maximum Gasteiger partial charge on any atom is 0.192 e. The van der Waals surface area contributed by atoms with Crippen molar-refractivity contribution < 1.29 is 9.52 Å². The Morgan fingerprint density at radius 2 is 2.31 bits per heavy atom. The summed E-state index contributed by atoms with van der Waals surface area (Å²) < 4.78 is 6.23. The number of aryl methyl sites for hydroxylation is 1. The van der Waals surface area contributed by atoms with Gasteiger partial charge in [-0.15, -0.1) is 0 Å². The van der Waals surface area contributed by atoms with Crippen LogP contribution in [0.3, 0.4) is 0 Å². The highest BCUT2D eigenvalue weighted by Crippen LogP contribution is 2.27.